The van der Waals surface area contributed by atoms with Crippen LogP contribution in [0.3, 0.4) is 0 Å². The van der Waals surface area contributed by atoms with Crippen molar-refractivity contribution in [3.05, 3.63) is 64.8 Å². The van der Waals surface area contributed by atoms with Crippen LogP contribution in [0.2, 0.25) is 0 Å². The average Bonchev–Trinajstić information content (AvgIpc) is 3.30. The largest absolute Gasteiger partial charge is 0.492 e. The van der Waals surface area contributed by atoms with Crippen LogP contribution in [-0.4, -0.2) is 70.3 Å². The van der Waals surface area contributed by atoms with E-state index in [0.717, 1.165) is 25.4 Å². The summed E-state index contributed by atoms with van der Waals surface area (Å²) in [5.74, 6) is 1.21. The van der Waals surface area contributed by atoms with Crippen molar-refractivity contribution in [3.8, 4) is 5.75 Å². The summed E-state index contributed by atoms with van der Waals surface area (Å²) in [7, 11) is 0. The third kappa shape index (κ3) is 5.40. The first-order chi connectivity index (χ1) is 15.7. The third-order valence-electron chi connectivity index (χ3n) is 5.31. The maximum atomic E-state index is 12.8. The molecule has 1 aromatic carbocycles. The van der Waals surface area contributed by atoms with Crippen LogP contribution in [0, 0.1) is 0 Å². The summed E-state index contributed by atoms with van der Waals surface area (Å²) in [4.78, 5) is 34.3. The van der Waals surface area contributed by atoms with Gasteiger partial charge in [0.15, 0.2) is 5.16 Å². The van der Waals surface area contributed by atoms with Gasteiger partial charge in [0.05, 0.1) is 11.3 Å². The number of nitrogens with zero attached hydrogens (tertiary/aromatic N) is 4. The van der Waals surface area contributed by atoms with E-state index in [2.05, 4.69) is 16.5 Å². The van der Waals surface area contributed by atoms with E-state index in [9.17, 15) is 9.59 Å². The minimum absolute atomic E-state index is 0.0694. The van der Waals surface area contributed by atoms with E-state index in [1.807, 2.05) is 46.7 Å². The van der Waals surface area contributed by atoms with Gasteiger partial charge in [-0.15, -0.1) is 17.9 Å². The summed E-state index contributed by atoms with van der Waals surface area (Å²) < 4.78 is 8.00. The van der Waals surface area contributed by atoms with Crippen molar-refractivity contribution >= 4 is 39.2 Å². The Balaban J connectivity index is 1.27. The highest BCUT2D eigenvalue weighted by Crippen LogP contribution is 2.21. The summed E-state index contributed by atoms with van der Waals surface area (Å²) in [6.07, 6.45) is 1.68. The zero-order chi connectivity index (χ0) is 22.3. The number of rotatable bonds is 9. The Kier molecular flexibility index (Phi) is 7.62. The van der Waals surface area contributed by atoms with Gasteiger partial charge in [0.25, 0.3) is 5.56 Å². The molecule has 0 saturated carbocycles. The number of aromatic nitrogens is 2. The van der Waals surface area contributed by atoms with Crippen molar-refractivity contribution in [3.63, 3.8) is 0 Å². The van der Waals surface area contributed by atoms with Gasteiger partial charge in [-0.05, 0) is 23.6 Å². The zero-order valence-corrected chi connectivity index (χ0v) is 19.4. The second-order valence-electron chi connectivity index (χ2n) is 7.41. The number of allylic oxidation sites excluding steroid dienone is 1. The van der Waals surface area contributed by atoms with Crippen LogP contribution >= 0.6 is 23.1 Å². The second-order valence-corrected chi connectivity index (χ2v) is 9.27. The molecular weight excluding hydrogens is 444 g/mol. The molecule has 4 rings (SSSR count). The standard InChI is InChI=1S/C23H26N4O3S2/c1-2-9-27-22(29)21-19(8-16-31-21)24-23(27)32-17-20(28)26-12-10-25(11-13-26)14-15-30-18-6-4-3-5-7-18/h2-8,16H,1,9-15,17H2. The van der Waals surface area contributed by atoms with E-state index in [-0.39, 0.29) is 17.2 Å². The molecule has 0 atom stereocenters. The van der Waals surface area contributed by atoms with Gasteiger partial charge in [-0.1, -0.05) is 36.0 Å². The summed E-state index contributed by atoms with van der Waals surface area (Å²) in [5.41, 5.74) is 0.604. The molecule has 1 saturated heterocycles. The maximum Gasteiger partial charge on any atom is 0.272 e. The minimum Gasteiger partial charge on any atom is -0.492 e. The molecule has 7 nitrogen and oxygen atoms in total. The van der Waals surface area contributed by atoms with Crippen molar-refractivity contribution in [1.29, 1.82) is 0 Å². The van der Waals surface area contributed by atoms with Gasteiger partial charge in [-0.2, -0.15) is 0 Å². The predicted molar refractivity (Wildman–Crippen MR) is 130 cm³/mol. The van der Waals surface area contributed by atoms with Gasteiger partial charge in [-0.3, -0.25) is 19.1 Å². The van der Waals surface area contributed by atoms with Crippen LogP contribution < -0.4 is 10.3 Å². The number of thiophene rings is 1. The Morgan fingerprint density at radius 2 is 1.97 bits per heavy atom. The molecule has 0 aliphatic carbocycles. The lowest BCUT2D eigenvalue weighted by molar-refractivity contribution is -0.130. The van der Waals surface area contributed by atoms with E-state index < -0.39 is 0 Å². The van der Waals surface area contributed by atoms with Crippen LogP contribution in [0.1, 0.15) is 0 Å². The number of hydrogen-bond acceptors (Lipinski definition) is 7. The number of ether oxygens (including phenoxy) is 1. The number of para-hydroxylation sites is 1. The first-order valence-corrected chi connectivity index (χ1v) is 12.4. The lowest BCUT2D eigenvalue weighted by Gasteiger charge is -2.34. The molecule has 9 heteroatoms. The molecule has 3 heterocycles. The van der Waals surface area contributed by atoms with Gasteiger partial charge in [0.2, 0.25) is 5.91 Å². The number of carbonyl (C=O) groups excluding carboxylic acids is 1. The number of benzene rings is 1. The molecule has 1 fully saturated rings. The topological polar surface area (TPSA) is 67.7 Å². The van der Waals surface area contributed by atoms with Gasteiger partial charge in [0.1, 0.15) is 17.1 Å². The Morgan fingerprint density at radius 1 is 1.19 bits per heavy atom. The number of carbonyl (C=O) groups is 1. The summed E-state index contributed by atoms with van der Waals surface area (Å²) in [5, 5.41) is 2.42. The molecular formula is C23H26N4O3S2. The first-order valence-electron chi connectivity index (χ1n) is 10.6. The second kappa shape index (κ2) is 10.8. The Hall–Kier alpha value is -2.62. The molecule has 32 heavy (non-hydrogen) atoms. The van der Waals surface area contributed by atoms with E-state index in [4.69, 9.17) is 4.74 Å². The summed E-state index contributed by atoms with van der Waals surface area (Å²) >= 11 is 2.70. The Morgan fingerprint density at radius 3 is 2.72 bits per heavy atom. The van der Waals surface area contributed by atoms with Gasteiger partial charge >= 0.3 is 0 Å². The molecule has 3 aromatic rings. The maximum absolute atomic E-state index is 12.8. The van der Waals surface area contributed by atoms with Crippen molar-refractivity contribution in [1.82, 2.24) is 19.4 Å². The molecule has 2 aromatic heterocycles. The van der Waals surface area contributed by atoms with Crippen LogP contribution in [0.25, 0.3) is 10.2 Å². The van der Waals surface area contributed by atoms with Crippen molar-refractivity contribution in [2.75, 3.05) is 45.1 Å². The highest BCUT2D eigenvalue weighted by atomic mass is 32.2. The Bertz CT molecular complexity index is 1120. The van der Waals surface area contributed by atoms with Crippen molar-refractivity contribution in [2.24, 2.45) is 0 Å². The van der Waals surface area contributed by atoms with Crippen LogP contribution in [0.15, 0.2) is 64.4 Å². The molecule has 0 unspecified atom stereocenters. The van der Waals surface area contributed by atoms with E-state index in [1.165, 1.54) is 23.1 Å². The van der Waals surface area contributed by atoms with E-state index >= 15 is 0 Å². The lowest BCUT2D eigenvalue weighted by atomic mass is 10.3. The number of amides is 1. The average molecular weight is 471 g/mol. The van der Waals surface area contributed by atoms with Gasteiger partial charge in [-0.25, -0.2) is 4.98 Å². The monoisotopic (exact) mass is 470 g/mol. The molecule has 1 amide bonds. The molecule has 0 spiro atoms. The molecule has 0 N–H and O–H groups in total. The number of piperazine rings is 1. The SMILES string of the molecule is C=CCn1c(SCC(=O)N2CCN(CCOc3ccccc3)CC2)nc2ccsc2c1=O. The fraction of sp³-hybridized carbons (Fsp3) is 0.348. The highest BCUT2D eigenvalue weighted by molar-refractivity contribution is 7.99. The zero-order valence-electron chi connectivity index (χ0n) is 17.8. The number of thioether (sulfide) groups is 1. The highest BCUT2D eigenvalue weighted by Gasteiger charge is 2.22. The lowest BCUT2D eigenvalue weighted by Crippen LogP contribution is -2.50. The normalized spacial score (nSPS) is 14.6. The smallest absolute Gasteiger partial charge is 0.272 e. The van der Waals surface area contributed by atoms with Crippen LogP contribution in [0.5, 0.6) is 5.75 Å². The fourth-order valence-electron chi connectivity index (χ4n) is 3.57. The van der Waals surface area contributed by atoms with E-state index in [0.29, 0.717) is 41.6 Å². The van der Waals surface area contributed by atoms with Crippen LogP contribution in [-0.2, 0) is 11.3 Å². The molecule has 168 valence electrons. The summed E-state index contributed by atoms with van der Waals surface area (Å²) in [6.45, 7) is 8.63. The molecule has 1 aliphatic heterocycles. The predicted octanol–water partition coefficient (Wildman–Crippen LogP) is 2.96. The van der Waals surface area contributed by atoms with Crippen LogP contribution in [0.4, 0.5) is 0 Å². The number of fused-ring (bicyclic) bond motifs is 1. The van der Waals surface area contributed by atoms with Gasteiger partial charge < -0.3 is 9.64 Å². The molecule has 0 bridgehead atoms. The first kappa shape index (κ1) is 22.6. The Labute approximate surface area is 195 Å². The number of hydrogen-bond donors (Lipinski definition) is 0. The quantitative estimate of drug-likeness (QED) is 0.272. The van der Waals surface area contributed by atoms with Gasteiger partial charge in [0, 0.05) is 39.3 Å². The summed E-state index contributed by atoms with van der Waals surface area (Å²) in [6, 6.07) is 11.6. The third-order valence-corrected chi connectivity index (χ3v) is 7.16. The van der Waals surface area contributed by atoms with Crippen molar-refractivity contribution < 1.29 is 9.53 Å². The fourth-order valence-corrected chi connectivity index (χ4v) is 5.26. The minimum atomic E-state index is -0.0776. The molecule has 1 aliphatic rings. The van der Waals surface area contributed by atoms with E-state index in [1.54, 1.807) is 10.6 Å². The van der Waals surface area contributed by atoms with Crippen molar-refractivity contribution in [2.45, 2.75) is 11.7 Å². The molecule has 0 radical (unpaired) electrons.